The smallest absolute Gasteiger partial charge is 0.254 e. The third-order valence-corrected chi connectivity index (χ3v) is 4.56. The predicted octanol–water partition coefficient (Wildman–Crippen LogP) is 3.83. The van der Waals surface area contributed by atoms with Crippen molar-refractivity contribution in [1.82, 2.24) is 4.90 Å². The highest BCUT2D eigenvalue weighted by atomic mass is 16.5. The Morgan fingerprint density at radius 2 is 2.08 bits per heavy atom. The van der Waals surface area contributed by atoms with Gasteiger partial charge in [0.25, 0.3) is 5.91 Å². The number of benzene rings is 2. The number of carbonyl (C=O) groups is 1. The van der Waals surface area contributed by atoms with Crippen molar-refractivity contribution >= 4 is 5.91 Å². The molecule has 1 heterocycles. The molecule has 0 bridgehead atoms. The van der Waals surface area contributed by atoms with Crippen LogP contribution in [0.15, 0.2) is 48.5 Å². The summed E-state index contributed by atoms with van der Waals surface area (Å²) in [6.07, 6.45) is 2.30. The Labute approximate surface area is 149 Å². The highest BCUT2D eigenvalue weighted by Gasteiger charge is 2.17. The maximum Gasteiger partial charge on any atom is 0.254 e. The molecule has 132 valence electrons. The van der Waals surface area contributed by atoms with Gasteiger partial charge in [0.2, 0.25) is 0 Å². The third-order valence-electron chi connectivity index (χ3n) is 4.56. The molecule has 1 aliphatic heterocycles. The second-order valence-corrected chi connectivity index (χ2v) is 6.56. The summed E-state index contributed by atoms with van der Waals surface area (Å²) in [6.45, 7) is 4.01. The number of aryl methyl sites for hydroxylation is 1. The van der Waals surface area contributed by atoms with Crippen LogP contribution in [0, 0.1) is 6.92 Å². The molecule has 4 heteroatoms. The first-order valence-corrected chi connectivity index (χ1v) is 8.78. The van der Waals surface area contributed by atoms with Crippen LogP contribution >= 0.6 is 0 Å². The normalized spacial score (nSPS) is 16.6. The van der Waals surface area contributed by atoms with Crippen LogP contribution in [-0.2, 0) is 11.3 Å². The van der Waals surface area contributed by atoms with E-state index in [0.717, 1.165) is 25.0 Å². The molecule has 0 saturated carbocycles. The lowest BCUT2D eigenvalue weighted by Gasteiger charge is -2.19. The van der Waals surface area contributed by atoms with Crippen molar-refractivity contribution in [2.24, 2.45) is 0 Å². The van der Waals surface area contributed by atoms with Gasteiger partial charge >= 0.3 is 0 Å². The Bertz CT molecular complexity index is 723. The van der Waals surface area contributed by atoms with Crippen molar-refractivity contribution in [3.8, 4) is 5.75 Å². The molecule has 1 unspecified atom stereocenters. The van der Waals surface area contributed by atoms with E-state index in [0.29, 0.717) is 24.5 Å². The van der Waals surface area contributed by atoms with Crippen molar-refractivity contribution in [1.29, 1.82) is 0 Å². The van der Waals surface area contributed by atoms with Crippen LogP contribution in [-0.4, -0.2) is 37.2 Å². The fourth-order valence-corrected chi connectivity index (χ4v) is 3.02. The van der Waals surface area contributed by atoms with Gasteiger partial charge in [-0.1, -0.05) is 30.3 Å². The van der Waals surface area contributed by atoms with E-state index in [1.54, 1.807) is 4.90 Å². The van der Waals surface area contributed by atoms with Gasteiger partial charge in [-0.05, 0) is 49.1 Å². The molecule has 0 aromatic heterocycles. The van der Waals surface area contributed by atoms with E-state index >= 15 is 0 Å². The summed E-state index contributed by atoms with van der Waals surface area (Å²) < 4.78 is 11.4. The molecule has 25 heavy (non-hydrogen) atoms. The third kappa shape index (κ3) is 4.60. The molecule has 1 amide bonds. The molecular formula is C21H25NO3. The van der Waals surface area contributed by atoms with Crippen molar-refractivity contribution in [2.75, 3.05) is 20.3 Å². The van der Waals surface area contributed by atoms with Crippen LogP contribution < -0.4 is 4.74 Å². The minimum Gasteiger partial charge on any atom is -0.491 e. The van der Waals surface area contributed by atoms with Crippen molar-refractivity contribution in [3.05, 3.63) is 65.2 Å². The first kappa shape index (κ1) is 17.5. The maximum absolute atomic E-state index is 12.7. The molecule has 1 atom stereocenters. The number of rotatable bonds is 6. The molecule has 0 aliphatic carbocycles. The first-order valence-electron chi connectivity index (χ1n) is 8.78. The van der Waals surface area contributed by atoms with Crippen LogP contribution in [0.3, 0.4) is 0 Å². The maximum atomic E-state index is 12.7. The van der Waals surface area contributed by atoms with E-state index in [2.05, 4.69) is 19.1 Å². The topological polar surface area (TPSA) is 38.8 Å². The van der Waals surface area contributed by atoms with Gasteiger partial charge in [-0.25, -0.2) is 0 Å². The van der Waals surface area contributed by atoms with Gasteiger partial charge in [-0.3, -0.25) is 4.79 Å². The predicted molar refractivity (Wildman–Crippen MR) is 97.9 cm³/mol. The van der Waals surface area contributed by atoms with E-state index in [4.69, 9.17) is 9.47 Å². The summed E-state index contributed by atoms with van der Waals surface area (Å²) in [5.41, 5.74) is 2.99. The van der Waals surface area contributed by atoms with Gasteiger partial charge in [0.15, 0.2) is 0 Å². The average molecular weight is 339 g/mol. The summed E-state index contributed by atoms with van der Waals surface area (Å²) in [7, 11) is 1.83. The molecule has 1 aliphatic rings. The zero-order valence-electron chi connectivity index (χ0n) is 14.9. The lowest BCUT2D eigenvalue weighted by Crippen LogP contribution is -2.26. The Morgan fingerprint density at radius 3 is 2.84 bits per heavy atom. The standard InChI is InChI=1S/C21H25NO3/c1-16-7-3-4-8-18(16)14-22(2)21(23)17-9-5-10-19(13-17)25-15-20-11-6-12-24-20/h3-5,7-10,13,20H,6,11-12,14-15H2,1-2H3. The van der Waals surface area contributed by atoms with Crippen LogP contribution in [0.1, 0.15) is 34.3 Å². The summed E-state index contributed by atoms with van der Waals surface area (Å²) in [5, 5.41) is 0. The van der Waals surface area contributed by atoms with Gasteiger partial charge in [-0.15, -0.1) is 0 Å². The van der Waals surface area contributed by atoms with Crippen molar-refractivity contribution in [3.63, 3.8) is 0 Å². The quantitative estimate of drug-likeness (QED) is 0.803. The number of ether oxygens (including phenoxy) is 2. The lowest BCUT2D eigenvalue weighted by molar-refractivity contribution is 0.0678. The molecule has 4 nitrogen and oxygen atoms in total. The summed E-state index contributed by atoms with van der Waals surface area (Å²) in [5.74, 6) is 0.705. The van der Waals surface area contributed by atoms with Gasteiger partial charge in [-0.2, -0.15) is 0 Å². The highest BCUT2D eigenvalue weighted by molar-refractivity contribution is 5.94. The van der Waals surface area contributed by atoms with Gasteiger partial charge in [0.05, 0.1) is 6.10 Å². The summed E-state index contributed by atoms with van der Waals surface area (Å²) in [4.78, 5) is 14.5. The summed E-state index contributed by atoms with van der Waals surface area (Å²) >= 11 is 0. The number of nitrogens with zero attached hydrogens (tertiary/aromatic N) is 1. The molecule has 0 radical (unpaired) electrons. The van der Waals surface area contributed by atoms with Gasteiger partial charge in [0, 0.05) is 25.8 Å². The number of hydrogen-bond donors (Lipinski definition) is 0. The highest BCUT2D eigenvalue weighted by Crippen LogP contribution is 2.19. The number of amides is 1. The van der Waals surface area contributed by atoms with Gasteiger partial charge < -0.3 is 14.4 Å². The average Bonchev–Trinajstić information content (AvgIpc) is 3.15. The van der Waals surface area contributed by atoms with E-state index in [1.807, 2.05) is 43.4 Å². The molecule has 1 fully saturated rings. The molecule has 1 saturated heterocycles. The van der Waals surface area contributed by atoms with Crippen molar-refractivity contribution < 1.29 is 14.3 Å². The largest absolute Gasteiger partial charge is 0.491 e. The summed E-state index contributed by atoms with van der Waals surface area (Å²) in [6, 6.07) is 15.5. The Morgan fingerprint density at radius 1 is 1.24 bits per heavy atom. The second-order valence-electron chi connectivity index (χ2n) is 6.56. The lowest BCUT2D eigenvalue weighted by atomic mass is 10.1. The van der Waals surface area contributed by atoms with Gasteiger partial charge in [0.1, 0.15) is 12.4 Å². The SMILES string of the molecule is Cc1ccccc1CN(C)C(=O)c1cccc(OCC2CCCO2)c1. The van der Waals surface area contributed by atoms with Crippen LogP contribution in [0.25, 0.3) is 0 Å². The minimum atomic E-state index is -0.00850. The molecule has 0 N–H and O–H groups in total. The van der Waals surface area contributed by atoms with Crippen LogP contribution in [0.5, 0.6) is 5.75 Å². The van der Waals surface area contributed by atoms with E-state index in [-0.39, 0.29) is 12.0 Å². The monoisotopic (exact) mass is 339 g/mol. The fourth-order valence-electron chi connectivity index (χ4n) is 3.02. The Kier molecular flexibility index (Phi) is 5.71. The second kappa shape index (κ2) is 8.17. The fraction of sp³-hybridized carbons (Fsp3) is 0.381. The molecular weight excluding hydrogens is 314 g/mol. The zero-order chi connectivity index (χ0) is 17.6. The van der Waals surface area contributed by atoms with E-state index in [9.17, 15) is 4.79 Å². The first-order chi connectivity index (χ1) is 12.1. The van der Waals surface area contributed by atoms with E-state index < -0.39 is 0 Å². The zero-order valence-corrected chi connectivity index (χ0v) is 14.9. The Balaban J connectivity index is 1.62. The van der Waals surface area contributed by atoms with E-state index in [1.165, 1.54) is 5.56 Å². The van der Waals surface area contributed by atoms with Crippen LogP contribution in [0.2, 0.25) is 0 Å². The molecule has 0 spiro atoms. The number of carbonyl (C=O) groups excluding carboxylic acids is 1. The molecule has 2 aromatic rings. The molecule has 3 rings (SSSR count). The number of hydrogen-bond acceptors (Lipinski definition) is 3. The van der Waals surface area contributed by atoms with Crippen LogP contribution in [0.4, 0.5) is 0 Å². The minimum absolute atomic E-state index is 0.00850. The Hall–Kier alpha value is -2.33. The molecule has 2 aromatic carbocycles. The van der Waals surface area contributed by atoms with Crippen molar-refractivity contribution in [2.45, 2.75) is 32.4 Å².